The Labute approximate surface area is 173 Å². The van der Waals surface area contributed by atoms with Crippen LogP contribution >= 0.6 is 15.9 Å². The summed E-state index contributed by atoms with van der Waals surface area (Å²) in [5.74, 6) is 1.23. The van der Waals surface area contributed by atoms with Gasteiger partial charge in [0.05, 0.1) is 10.1 Å². The number of rotatable bonds is 5. The lowest BCUT2D eigenvalue weighted by atomic mass is 9.76. The molecule has 152 valence electrons. The summed E-state index contributed by atoms with van der Waals surface area (Å²) in [6.07, 6.45) is 7.02. The van der Waals surface area contributed by atoms with Crippen molar-refractivity contribution in [3.63, 3.8) is 0 Å². The van der Waals surface area contributed by atoms with Gasteiger partial charge in [-0.1, -0.05) is 6.07 Å². The third-order valence-electron chi connectivity index (χ3n) is 6.35. The first kappa shape index (κ1) is 19.8. The van der Waals surface area contributed by atoms with E-state index < -0.39 is 5.60 Å². The van der Waals surface area contributed by atoms with Gasteiger partial charge in [0.1, 0.15) is 12.4 Å². The van der Waals surface area contributed by atoms with Gasteiger partial charge in [-0.3, -0.25) is 4.79 Å². The van der Waals surface area contributed by atoms with Gasteiger partial charge in [-0.05, 0) is 86.4 Å². The van der Waals surface area contributed by atoms with Gasteiger partial charge >= 0.3 is 0 Å². The van der Waals surface area contributed by atoms with Gasteiger partial charge in [0.15, 0.2) is 11.3 Å². The molecule has 28 heavy (non-hydrogen) atoms. The molecular weight excluding hydrogens is 422 g/mol. The maximum atomic E-state index is 12.5. The number of nitrogens with one attached hydrogen (secondary N) is 1. The molecule has 2 aromatic rings. The van der Waals surface area contributed by atoms with Gasteiger partial charge in [0, 0.05) is 17.3 Å². The molecule has 5 nitrogen and oxygen atoms in total. The van der Waals surface area contributed by atoms with Crippen molar-refractivity contribution < 1.29 is 19.1 Å². The van der Waals surface area contributed by atoms with Gasteiger partial charge in [0.25, 0.3) is 0 Å². The number of fused-ring (bicyclic) bond motifs is 1. The molecule has 0 atom stereocenters. The van der Waals surface area contributed by atoms with Gasteiger partial charge in [-0.15, -0.1) is 0 Å². The van der Waals surface area contributed by atoms with Crippen LogP contribution in [0, 0.1) is 11.8 Å². The minimum absolute atomic E-state index is 0.0274. The van der Waals surface area contributed by atoms with Crippen LogP contribution in [0.1, 0.15) is 52.4 Å². The molecule has 0 unspecified atom stereocenters. The smallest absolute Gasteiger partial charge is 0.223 e. The van der Waals surface area contributed by atoms with Crippen molar-refractivity contribution >= 4 is 32.8 Å². The summed E-state index contributed by atoms with van der Waals surface area (Å²) in [6.45, 7) is 3.76. The van der Waals surface area contributed by atoms with Crippen LogP contribution in [0.2, 0.25) is 0 Å². The first-order valence-electron chi connectivity index (χ1n) is 10.2. The van der Waals surface area contributed by atoms with Crippen LogP contribution in [-0.2, 0) is 4.79 Å². The van der Waals surface area contributed by atoms with Gasteiger partial charge in [-0.2, -0.15) is 0 Å². The number of amides is 1. The highest BCUT2D eigenvalue weighted by molar-refractivity contribution is 9.10. The second-order valence-electron chi connectivity index (χ2n) is 8.84. The highest BCUT2D eigenvalue weighted by atomic mass is 79.9. The summed E-state index contributed by atoms with van der Waals surface area (Å²) < 4.78 is 12.6. The monoisotopic (exact) mass is 449 g/mol. The van der Waals surface area contributed by atoms with Gasteiger partial charge in [0.2, 0.25) is 5.91 Å². The Hall–Kier alpha value is -1.53. The van der Waals surface area contributed by atoms with E-state index in [0.717, 1.165) is 59.7 Å². The summed E-state index contributed by atoms with van der Waals surface area (Å²) in [5.41, 5.74) is 0.116. The maximum absolute atomic E-state index is 12.5. The molecule has 1 heterocycles. The highest BCUT2D eigenvalue weighted by Gasteiger charge is 2.38. The van der Waals surface area contributed by atoms with Crippen molar-refractivity contribution in [3.05, 3.63) is 28.9 Å². The molecule has 6 heteroatoms. The van der Waals surface area contributed by atoms with Crippen molar-refractivity contribution in [2.45, 2.75) is 70.1 Å². The first-order valence-corrected chi connectivity index (χ1v) is 11.0. The summed E-state index contributed by atoms with van der Waals surface area (Å²) in [5, 5.41) is 14.4. The average molecular weight is 450 g/mol. The van der Waals surface area contributed by atoms with E-state index in [4.69, 9.17) is 9.15 Å². The van der Waals surface area contributed by atoms with Crippen molar-refractivity contribution in [2.24, 2.45) is 11.8 Å². The van der Waals surface area contributed by atoms with Crippen molar-refractivity contribution in [1.29, 1.82) is 0 Å². The maximum Gasteiger partial charge on any atom is 0.223 e. The number of ether oxygens (including phenoxy) is 1. The fraction of sp³-hybridized carbons (Fsp3) is 0.591. The Bertz CT molecular complexity index is 842. The van der Waals surface area contributed by atoms with Crippen molar-refractivity contribution in [2.75, 3.05) is 0 Å². The fourth-order valence-electron chi connectivity index (χ4n) is 4.41. The second kappa shape index (κ2) is 7.71. The lowest BCUT2D eigenvalue weighted by Gasteiger charge is -2.38. The zero-order valence-corrected chi connectivity index (χ0v) is 18.0. The summed E-state index contributed by atoms with van der Waals surface area (Å²) in [7, 11) is 0. The Morgan fingerprint density at radius 3 is 2.64 bits per heavy atom. The van der Waals surface area contributed by atoms with E-state index in [9.17, 15) is 9.90 Å². The number of hydrogen-bond acceptors (Lipinski definition) is 4. The molecule has 2 aliphatic rings. The molecule has 0 spiro atoms. The van der Waals surface area contributed by atoms with E-state index in [2.05, 4.69) is 21.2 Å². The van der Waals surface area contributed by atoms with E-state index in [1.54, 1.807) is 6.26 Å². The molecule has 0 saturated heterocycles. The van der Waals surface area contributed by atoms with Gasteiger partial charge in [-0.25, -0.2) is 0 Å². The number of furan rings is 1. The lowest BCUT2D eigenvalue weighted by Crippen LogP contribution is -2.48. The van der Waals surface area contributed by atoms with E-state index in [1.165, 1.54) is 0 Å². The van der Waals surface area contributed by atoms with Crippen molar-refractivity contribution in [3.8, 4) is 5.75 Å². The normalized spacial score (nSPS) is 28.0. The van der Waals surface area contributed by atoms with Crippen molar-refractivity contribution in [1.82, 2.24) is 5.32 Å². The summed E-state index contributed by atoms with van der Waals surface area (Å²) in [4.78, 5) is 12.5. The predicted molar refractivity (Wildman–Crippen MR) is 111 cm³/mol. The Kier molecular flexibility index (Phi) is 5.45. The fourth-order valence-corrected chi connectivity index (χ4v) is 4.82. The molecule has 2 aliphatic carbocycles. The quantitative estimate of drug-likeness (QED) is 0.687. The van der Waals surface area contributed by atoms with Crippen LogP contribution in [0.4, 0.5) is 0 Å². The zero-order valence-electron chi connectivity index (χ0n) is 16.4. The Morgan fingerprint density at radius 2 is 1.96 bits per heavy atom. The second-order valence-corrected chi connectivity index (χ2v) is 9.69. The standard InChI is InChI=1S/C22H28BrNO4/c1-22(2,26)14-6-8-15(9-7-14)24-21(25)13-10-16(11-13)28-19-5-3-4-17-18(23)12-27-20(17)19/h3-5,12-16,26H,6-11H2,1-2H3,(H,24,25)/t13-,14-,15-,16-. The van der Waals surface area contributed by atoms with Crippen LogP contribution in [-0.4, -0.2) is 28.8 Å². The zero-order chi connectivity index (χ0) is 19.9. The Morgan fingerprint density at radius 1 is 1.25 bits per heavy atom. The number of aliphatic hydroxyl groups is 1. The summed E-state index contributed by atoms with van der Waals surface area (Å²) in [6, 6.07) is 6.08. The van der Waals surface area contributed by atoms with E-state index >= 15 is 0 Å². The third-order valence-corrected chi connectivity index (χ3v) is 6.96. The number of carbonyl (C=O) groups excluding carboxylic acids is 1. The molecule has 0 bridgehead atoms. The van der Waals surface area contributed by atoms with E-state index in [1.807, 2.05) is 32.0 Å². The molecule has 4 rings (SSSR count). The lowest BCUT2D eigenvalue weighted by molar-refractivity contribution is -0.131. The number of para-hydroxylation sites is 1. The molecule has 1 amide bonds. The first-order chi connectivity index (χ1) is 13.3. The van der Waals surface area contributed by atoms with Crippen LogP contribution in [0.5, 0.6) is 5.75 Å². The number of benzene rings is 1. The largest absolute Gasteiger partial charge is 0.486 e. The van der Waals surface area contributed by atoms with Crippen LogP contribution in [0.25, 0.3) is 11.0 Å². The molecule has 2 saturated carbocycles. The van der Waals surface area contributed by atoms with Crippen LogP contribution in [0.3, 0.4) is 0 Å². The highest BCUT2D eigenvalue weighted by Crippen LogP contribution is 2.38. The Balaban J connectivity index is 1.25. The molecular formula is C22H28BrNO4. The van der Waals surface area contributed by atoms with Crippen LogP contribution < -0.4 is 10.1 Å². The number of halogens is 1. The summed E-state index contributed by atoms with van der Waals surface area (Å²) >= 11 is 3.47. The molecule has 0 radical (unpaired) electrons. The molecule has 2 fully saturated rings. The molecule has 0 aliphatic heterocycles. The number of hydrogen-bond donors (Lipinski definition) is 2. The van der Waals surface area contributed by atoms with Gasteiger partial charge < -0.3 is 19.6 Å². The SMILES string of the molecule is CC(C)(O)[C@H]1CC[C@H](NC(=O)[C@H]2C[C@H](Oc3cccc4c(Br)coc34)C2)CC1. The third kappa shape index (κ3) is 4.08. The van der Waals surface area contributed by atoms with Crippen LogP contribution in [0.15, 0.2) is 33.4 Å². The molecule has 1 aromatic carbocycles. The average Bonchev–Trinajstić information content (AvgIpc) is 2.99. The minimum atomic E-state index is -0.625. The predicted octanol–water partition coefficient (Wildman–Crippen LogP) is 4.80. The van der Waals surface area contributed by atoms with E-state index in [-0.39, 0.29) is 24.0 Å². The molecule has 2 N–H and O–H groups in total. The topological polar surface area (TPSA) is 71.7 Å². The van der Waals surface area contributed by atoms with E-state index in [0.29, 0.717) is 5.92 Å². The molecule has 1 aromatic heterocycles. The number of carbonyl (C=O) groups is 1. The minimum Gasteiger partial charge on any atom is -0.486 e.